The summed E-state index contributed by atoms with van der Waals surface area (Å²) in [4.78, 5) is 0. The molecule has 0 radical (unpaired) electrons. The number of quaternary nitrogens is 1. The summed E-state index contributed by atoms with van der Waals surface area (Å²) in [5, 5.41) is 0. The molecular formula is C15H18N+. The molecule has 2 aromatic carbocycles. The van der Waals surface area contributed by atoms with Gasteiger partial charge < -0.3 is 5.73 Å². The topological polar surface area (TPSA) is 27.6 Å². The van der Waals surface area contributed by atoms with E-state index in [1.807, 2.05) is 6.07 Å². The third-order valence-electron chi connectivity index (χ3n) is 2.87. The molecule has 0 fully saturated rings. The van der Waals surface area contributed by atoms with Gasteiger partial charge in [0.25, 0.3) is 0 Å². The SMILES string of the molecule is Cc1ccc(CC([NH3+])c2ccccc2)cc1. The van der Waals surface area contributed by atoms with E-state index in [4.69, 9.17) is 0 Å². The Morgan fingerprint density at radius 2 is 1.56 bits per heavy atom. The van der Waals surface area contributed by atoms with Gasteiger partial charge in [-0.1, -0.05) is 60.2 Å². The van der Waals surface area contributed by atoms with Crippen molar-refractivity contribution in [1.29, 1.82) is 0 Å². The average Bonchev–Trinajstić information content (AvgIpc) is 2.33. The van der Waals surface area contributed by atoms with E-state index in [1.165, 1.54) is 16.7 Å². The number of hydrogen-bond acceptors (Lipinski definition) is 0. The first-order valence-corrected chi connectivity index (χ1v) is 5.69. The predicted molar refractivity (Wildman–Crippen MR) is 67.0 cm³/mol. The van der Waals surface area contributed by atoms with Gasteiger partial charge in [-0.2, -0.15) is 0 Å². The van der Waals surface area contributed by atoms with Gasteiger partial charge >= 0.3 is 0 Å². The molecular weight excluding hydrogens is 194 g/mol. The van der Waals surface area contributed by atoms with Crippen LogP contribution in [0.1, 0.15) is 22.7 Å². The minimum Gasteiger partial charge on any atom is -0.351 e. The van der Waals surface area contributed by atoms with Crippen LogP contribution in [0.2, 0.25) is 0 Å². The lowest BCUT2D eigenvalue weighted by Crippen LogP contribution is -2.54. The molecule has 3 N–H and O–H groups in total. The van der Waals surface area contributed by atoms with Crippen molar-refractivity contribution in [3.8, 4) is 0 Å². The zero-order chi connectivity index (χ0) is 11.4. The van der Waals surface area contributed by atoms with Crippen molar-refractivity contribution in [2.45, 2.75) is 19.4 Å². The van der Waals surface area contributed by atoms with Crippen LogP contribution in [0.3, 0.4) is 0 Å². The third-order valence-corrected chi connectivity index (χ3v) is 2.87. The molecule has 0 aliphatic heterocycles. The molecule has 1 heteroatoms. The van der Waals surface area contributed by atoms with Crippen molar-refractivity contribution >= 4 is 0 Å². The van der Waals surface area contributed by atoms with Crippen molar-refractivity contribution in [3.63, 3.8) is 0 Å². The summed E-state index contributed by atoms with van der Waals surface area (Å²) in [6, 6.07) is 19.5. The van der Waals surface area contributed by atoms with Crippen LogP contribution >= 0.6 is 0 Å². The maximum Gasteiger partial charge on any atom is 0.114 e. The molecule has 0 spiro atoms. The van der Waals surface area contributed by atoms with Crippen LogP contribution < -0.4 is 5.73 Å². The van der Waals surface area contributed by atoms with E-state index in [2.05, 4.69) is 61.2 Å². The second-order valence-electron chi connectivity index (χ2n) is 4.30. The monoisotopic (exact) mass is 212 g/mol. The predicted octanol–water partition coefficient (Wildman–Crippen LogP) is 2.52. The molecule has 0 saturated carbocycles. The standard InChI is InChI=1S/C15H17N/c1-12-7-9-13(10-8-12)11-15(16)14-5-3-2-4-6-14/h2-10,15H,11,16H2,1H3/p+1. The first-order chi connectivity index (χ1) is 7.75. The zero-order valence-electron chi connectivity index (χ0n) is 9.69. The van der Waals surface area contributed by atoms with Crippen LogP contribution in [-0.4, -0.2) is 0 Å². The molecule has 0 bridgehead atoms. The van der Waals surface area contributed by atoms with E-state index in [0.29, 0.717) is 6.04 Å². The van der Waals surface area contributed by atoms with E-state index in [0.717, 1.165) is 6.42 Å². The first kappa shape index (κ1) is 10.9. The molecule has 1 unspecified atom stereocenters. The molecule has 0 heterocycles. The van der Waals surface area contributed by atoms with E-state index < -0.39 is 0 Å². The minimum absolute atomic E-state index is 0.337. The van der Waals surface area contributed by atoms with Gasteiger partial charge in [0, 0.05) is 12.0 Å². The Labute approximate surface area is 96.9 Å². The number of hydrogen-bond donors (Lipinski definition) is 1. The maximum atomic E-state index is 4.23. The second kappa shape index (κ2) is 4.95. The van der Waals surface area contributed by atoms with Crippen molar-refractivity contribution in [3.05, 3.63) is 71.3 Å². The molecule has 0 aliphatic carbocycles. The molecule has 1 nitrogen and oxygen atoms in total. The molecule has 0 saturated heterocycles. The fourth-order valence-corrected chi connectivity index (χ4v) is 1.85. The van der Waals surface area contributed by atoms with Crippen molar-refractivity contribution in [2.24, 2.45) is 0 Å². The third kappa shape index (κ3) is 2.71. The van der Waals surface area contributed by atoms with Gasteiger partial charge in [0.2, 0.25) is 0 Å². The smallest absolute Gasteiger partial charge is 0.114 e. The Morgan fingerprint density at radius 3 is 2.19 bits per heavy atom. The second-order valence-corrected chi connectivity index (χ2v) is 4.30. The van der Waals surface area contributed by atoms with Crippen LogP contribution in [-0.2, 0) is 6.42 Å². The summed E-state index contributed by atoms with van der Waals surface area (Å²) in [7, 11) is 0. The van der Waals surface area contributed by atoms with Gasteiger partial charge in [-0.3, -0.25) is 0 Å². The maximum absolute atomic E-state index is 4.23. The molecule has 82 valence electrons. The number of benzene rings is 2. The summed E-state index contributed by atoms with van der Waals surface area (Å²) in [6.07, 6.45) is 1.00. The molecule has 2 rings (SSSR count). The van der Waals surface area contributed by atoms with Crippen LogP contribution in [0, 0.1) is 6.92 Å². The molecule has 2 aromatic rings. The van der Waals surface area contributed by atoms with Crippen LogP contribution in [0.5, 0.6) is 0 Å². The van der Waals surface area contributed by atoms with Gasteiger partial charge in [-0.25, -0.2) is 0 Å². The highest BCUT2D eigenvalue weighted by molar-refractivity contribution is 5.24. The highest BCUT2D eigenvalue weighted by atomic mass is 14.6. The van der Waals surface area contributed by atoms with Crippen LogP contribution in [0.4, 0.5) is 0 Å². The van der Waals surface area contributed by atoms with Crippen LogP contribution in [0.25, 0.3) is 0 Å². The fourth-order valence-electron chi connectivity index (χ4n) is 1.85. The van der Waals surface area contributed by atoms with Crippen molar-refractivity contribution in [2.75, 3.05) is 0 Å². The molecule has 16 heavy (non-hydrogen) atoms. The summed E-state index contributed by atoms with van der Waals surface area (Å²) in [5.41, 5.74) is 8.20. The lowest BCUT2D eigenvalue weighted by atomic mass is 9.99. The van der Waals surface area contributed by atoms with Gasteiger partial charge in [0.05, 0.1) is 0 Å². The van der Waals surface area contributed by atoms with E-state index in [9.17, 15) is 0 Å². The molecule has 0 aliphatic rings. The molecule has 1 atom stereocenters. The van der Waals surface area contributed by atoms with Crippen molar-refractivity contribution < 1.29 is 5.73 Å². The zero-order valence-corrected chi connectivity index (χ0v) is 9.69. The van der Waals surface area contributed by atoms with E-state index in [1.54, 1.807) is 0 Å². The van der Waals surface area contributed by atoms with Gasteiger partial charge in [-0.15, -0.1) is 0 Å². The van der Waals surface area contributed by atoms with Crippen molar-refractivity contribution in [1.82, 2.24) is 0 Å². The van der Waals surface area contributed by atoms with Gasteiger partial charge in [0.15, 0.2) is 0 Å². The normalized spacial score (nSPS) is 12.4. The quantitative estimate of drug-likeness (QED) is 0.809. The van der Waals surface area contributed by atoms with Crippen LogP contribution in [0.15, 0.2) is 54.6 Å². The highest BCUT2D eigenvalue weighted by Gasteiger charge is 2.09. The minimum atomic E-state index is 0.337. The Kier molecular flexibility index (Phi) is 3.37. The number of rotatable bonds is 3. The lowest BCUT2D eigenvalue weighted by Gasteiger charge is -2.09. The van der Waals surface area contributed by atoms with E-state index >= 15 is 0 Å². The highest BCUT2D eigenvalue weighted by Crippen LogP contribution is 2.14. The van der Waals surface area contributed by atoms with Gasteiger partial charge in [-0.05, 0) is 12.5 Å². The summed E-state index contributed by atoms with van der Waals surface area (Å²) in [5.74, 6) is 0. The fraction of sp³-hybridized carbons (Fsp3) is 0.200. The largest absolute Gasteiger partial charge is 0.351 e. The summed E-state index contributed by atoms with van der Waals surface area (Å²) in [6.45, 7) is 2.11. The number of aryl methyl sites for hydroxylation is 1. The molecule has 0 aromatic heterocycles. The first-order valence-electron chi connectivity index (χ1n) is 5.69. The summed E-state index contributed by atoms with van der Waals surface area (Å²) < 4.78 is 0. The van der Waals surface area contributed by atoms with E-state index in [-0.39, 0.29) is 0 Å². The van der Waals surface area contributed by atoms with Gasteiger partial charge in [0.1, 0.15) is 6.04 Å². The Morgan fingerprint density at radius 1 is 0.938 bits per heavy atom. The Bertz CT molecular complexity index is 431. The summed E-state index contributed by atoms with van der Waals surface area (Å²) >= 11 is 0. The lowest BCUT2D eigenvalue weighted by molar-refractivity contribution is -0.426. The Hall–Kier alpha value is -1.60. The Balaban J connectivity index is 2.08. The molecule has 0 amide bonds. The average molecular weight is 212 g/mol.